The van der Waals surface area contributed by atoms with Gasteiger partial charge in [-0.3, -0.25) is 4.99 Å². The quantitative estimate of drug-likeness (QED) is 0.632. The van der Waals surface area contributed by atoms with Crippen LogP contribution in [-0.2, 0) is 9.53 Å². The van der Waals surface area contributed by atoms with Crippen LogP contribution in [0.5, 0.6) is 5.75 Å². The van der Waals surface area contributed by atoms with E-state index in [0.29, 0.717) is 5.56 Å². The van der Waals surface area contributed by atoms with Gasteiger partial charge < -0.3 is 9.47 Å². The number of aliphatic imine (C=N–C) groups is 1. The van der Waals surface area contributed by atoms with Crippen molar-refractivity contribution >= 4 is 12.2 Å². The van der Waals surface area contributed by atoms with Gasteiger partial charge in [0.15, 0.2) is 5.54 Å². The molecular formula is C13H14F3NO3. The summed E-state index contributed by atoms with van der Waals surface area (Å²) < 4.78 is 44.2. The van der Waals surface area contributed by atoms with E-state index >= 15 is 0 Å². The lowest BCUT2D eigenvalue weighted by atomic mass is 10.1. The number of alkyl halides is 3. The van der Waals surface area contributed by atoms with Crippen molar-refractivity contribution in [2.75, 3.05) is 7.11 Å². The molecule has 0 aliphatic carbocycles. The highest BCUT2D eigenvalue weighted by Gasteiger charge is 2.31. The summed E-state index contributed by atoms with van der Waals surface area (Å²) in [5.41, 5.74) is -0.521. The van der Waals surface area contributed by atoms with Gasteiger partial charge in [-0.25, -0.2) is 4.79 Å². The minimum atomic E-state index is -4.72. The average Bonchev–Trinajstić information content (AvgIpc) is 2.35. The molecule has 0 radical (unpaired) electrons. The minimum absolute atomic E-state index is 0.318. The summed E-state index contributed by atoms with van der Waals surface area (Å²) in [4.78, 5) is 15.4. The van der Waals surface area contributed by atoms with Gasteiger partial charge in [0.05, 0.1) is 7.11 Å². The van der Waals surface area contributed by atoms with E-state index in [9.17, 15) is 18.0 Å². The Morgan fingerprint density at radius 1 is 1.20 bits per heavy atom. The van der Waals surface area contributed by atoms with Crippen molar-refractivity contribution in [3.05, 3.63) is 29.8 Å². The van der Waals surface area contributed by atoms with Crippen LogP contribution in [0.4, 0.5) is 13.2 Å². The molecule has 0 aromatic heterocycles. The molecule has 1 aromatic carbocycles. The van der Waals surface area contributed by atoms with E-state index in [0.717, 1.165) is 0 Å². The normalized spacial score (nSPS) is 12.5. The molecule has 0 unspecified atom stereocenters. The van der Waals surface area contributed by atoms with Crippen molar-refractivity contribution in [2.24, 2.45) is 4.99 Å². The summed E-state index contributed by atoms with van der Waals surface area (Å²) in [5, 5.41) is 0. The Kier molecular flexibility index (Phi) is 4.75. The first-order chi connectivity index (χ1) is 9.14. The first-order valence-corrected chi connectivity index (χ1v) is 5.63. The first-order valence-electron chi connectivity index (χ1n) is 5.63. The lowest BCUT2D eigenvalue weighted by molar-refractivity contribution is -0.274. The number of benzene rings is 1. The van der Waals surface area contributed by atoms with E-state index in [4.69, 9.17) is 0 Å². The van der Waals surface area contributed by atoms with Crippen LogP contribution in [0.25, 0.3) is 0 Å². The fourth-order valence-corrected chi connectivity index (χ4v) is 1.29. The molecule has 1 aromatic rings. The molecule has 7 heteroatoms. The number of carbonyl (C=O) groups excluding carboxylic acids is 1. The number of carbonyl (C=O) groups is 1. The lowest BCUT2D eigenvalue weighted by Gasteiger charge is -2.15. The number of halogens is 3. The lowest BCUT2D eigenvalue weighted by Crippen LogP contribution is -2.30. The van der Waals surface area contributed by atoms with E-state index in [-0.39, 0.29) is 5.75 Å². The molecule has 0 N–H and O–H groups in total. The molecule has 0 heterocycles. The zero-order valence-electron chi connectivity index (χ0n) is 11.2. The van der Waals surface area contributed by atoms with Gasteiger partial charge in [-0.05, 0) is 43.7 Å². The van der Waals surface area contributed by atoms with Gasteiger partial charge in [-0.15, -0.1) is 13.2 Å². The standard InChI is InChI=1S/C13H14F3NO3/c1-12(2,11(18)19-3)17-8-9-4-6-10(7-5-9)20-13(14,15)16/h4-8H,1-3H3/b17-8+. The largest absolute Gasteiger partial charge is 0.573 e. The van der Waals surface area contributed by atoms with Crippen LogP contribution in [0.15, 0.2) is 29.3 Å². The second kappa shape index (κ2) is 5.94. The SMILES string of the molecule is COC(=O)C(C)(C)/N=C/c1ccc(OC(F)(F)F)cc1. The second-order valence-corrected chi connectivity index (χ2v) is 4.43. The van der Waals surface area contributed by atoms with Gasteiger partial charge in [0, 0.05) is 6.21 Å². The molecule has 0 amide bonds. The molecule has 0 saturated carbocycles. The summed E-state index contributed by atoms with van der Waals surface area (Å²) in [6.45, 7) is 3.13. The first kappa shape index (κ1) is 16.0. The highest BCUT2D eigenvalue weighted by atomic mass is 19.4. The van der Waals surface area contributed by atoms with E-state index in [1.807, 2.05) is 0 Å². The van der Waals surface area contributed by atoms with Crippen molar-refractivity contribution in [3.63, 3.8) is 0 Å². The number of rotatable bonds is 4. The number of hydrogen-bond acceptors (Lipinski definition) is 4. The van der Waals surface area contributed by atoms with Crippen molar-refractivity contribution in [1.29, 1.82) is 0 Å². The average molecular weight is 289 g/mol. The Morgan fingerprint density at radius 2 is 1.75 bits per heavy atom. The van der Waals surface area contributed by atoms with E-state index < -0.39 is 17.9 Å². The zero-order valence-corrected chi connectivity index (χ0v) is 11.2. The fraction of sp³-hybridized carbons (Fsp3) is 0.385. The molecule has 4 nitrogen and oxygen atoms in total. The molecule has 1 rings (SSSR count). The van der Waals surface area contributed by atoms with Gasteiger partial charge >= 0.3 is 12.3 Å². The summed E-state index contributed by atoms with van der Waals surface area (Å²) in [7, 11) is 1.25. The molecular weight excluding hydrogens is 275 g/mol. The number of nitrogens with zero attached hydrogens (tertiary/aromatic N) is 1. The van der Waals surface area contributed by atoms with Gasteiger partial charge in [0.2, 0.25) is 0 Å². The smallest absolute Gasteiger partial charge is 0.467 e. The highest BCUT2D eigenvalue weighted by Crippen LogP contribution is 2.22. The molecule has 0 aliphatic heterocycles. The van der Waals surface area contributed by atoms with Gasteiger partial charge in [-0.2, -0.15) is 0 Å². The third-order valence-corrected chi connectivity index (χ3v) is 2.33. The summed E-state index contributed by atoms with van der Waals surface area (Å²) in [6, 6.07) is 5.13. The van der Waals surface area contributed by atoms with Crippen LogP contribution in [0.3, 0.4) is 0 Å². The van der Waals surface area contributed by atoms with Gasteiger partial charge in [0.25, 0.3) is 0 Å². The van der Waals surface area contributed by atoms with Crippen molar-refractivity contribution in [1.82, 2.24) is 0 Å². The third-order valence-electron chi connectivity index (χ3n) is 2.33. The summed E-state index contributed by atoms with van der Waals surface area (Å²) in [5.74, 6) is -0.826. The van der Waals surface area contributed by atoms with Gasteiger partial charge in [0.1, 0.15) is 5.75 Å². The third kappa shape index (κ3) is 4.91. The van der Waals surface area contributed by atoms with Crippen LogP contribution in [0.1, 0.15) is 19.4 Å². The maximum absolute atomic E-state index is 12.0. The number of ether oxygens (including phenoxy) is 2. The molecule has 0 spiro atoms. The Labute approximate surface area is 114 Å². The Hall–Kier alpha value is -2.05. The van der Waals surface area contributed by atoms with E-state index in [1.54, 1.807) is 13.8 Å². The van der Waals surface area contributed by atoms with Crippen LogP contribution >= 0.6 is 0 Å². The molecule has 0 aliphatic rings. The van der Waals surface area contributed by atoms with E-state index in [2.05, 4.69) is 14.5 Å². The topological polar surface area (TPSA) is 47.9 Å². The van der Waals surface area contributed by atoms with Crippen molar-refractivity contribution in [3.8, 4) is 5.75 Å². The maximum Gasteiger partial charge on any atom is 0.573 e. The zero-order chi connectivity index (χ0) is 15.4. The predicted octanol–water partition coefficient (Wildman–Crippen LogP) is 2.96. The van der Waals surface area contributed by atoms with Crippen LogP contribution < -0.4 is 4.74 Å². The van der Waals surface area contributed by atoms with Crippen LogP contribution in [0.2, 0.25) is 0 Å². The van der Waals surface area contributed by atoms with Gasteiger partial charge in [-0.1, -0.05) is 0 Å². The monoisotopic (exact) mass is 289 g/mol. The molecule has 0 atom stereocenters. The molecule has 110 valence electrons. The number of hydrogen-bond donors (Lipinski definition) is 0. The number of methoxy groups -OCH3 is 1. The summed E-state index contributed by atoms with van der Waals surface area (Å²) in [6.07, 6.45) is -3.34. The van der Waals surface area contributed by atoms with Crippen molar-refractivity contribution < 1.29 is 27.4 Å². The highest BCUT2D eigenvalue weighted by molar-refractivity contribution is 5.86. The Morgan fingerprint density at radius 3 is 2.20 bits per heavy atom. The van der Waals surface area contributed by atoms with Crippen LogP contribution in [-0.4, -0.2) is 31.2 Å². The van der Waals surface area contributed by atoms with Crippen molar-refractivity contribution in [2.45, 2.75) is 25.7 Å². The predicted molar refractivity (Wildman–Crippen MR) is 66.8 cm³/mol. The Bertz CT molecular complexity index is 493. The minimum Gasteiger partial charge on any atom is -0.467 e. The van der Waals surface area contributed by atoms with E-state index in [1.165, 1.54) is 37.6 Å². The molecule has 20 heavy (non-hydrogen) atoms. The number of esters is 1. The fourth-order valence-electron chi connectivity index (χ4n) is 1.29. The maximum atomic E-state index is 12.0. The molecule has 0 saturated heterocycles. The second-order valence-electron chi connectivity index (χ2n) is 4.43. The molecule has 0 bridgehead atoms. The summed E-state index contributed by atoms with van der Waals surface area (Å²) >= 11 is 0. The molecule has 0 fully saturated rings. The Balaban J connectivity index is 2.78. The van der Waals surface area contributed by atoms with Crippen LogP contribution in [0, 0.1) is 0 Å².